The number of hydrogen-bond donors (Lipinski definition) is 5. The van der Waals surface area contributed by atoms with Crippen LogP contribution in [0.5, 0.6) is 0 Å². The number of nitrogens with zero attached hydrogens (tertiary/aromatic N) is 2. The van der Waals surface area contributed by atoms with Gasteiger partial charge in [0.25, 0.3) is 5.56 Å². The Morgan fingerprint density at radius 2 is 1.97 bits per heavy atom. The summed E-state index contributed by atoms with van der Waals surface area (Å²) >= 11 is 6.96. The molecule has 4 rings (SSSR count). The van der Waals surface area contributed by atoms with E-state index >= 15 is 0 Å². The van der Waals surface area contributed by atoms with Crippen molar-refractivity contribution < 1.29 is 19.8 Å². The number of ether oxygens (including phenoxy) is 1. The molecule has 2 fully saturated rings. The summed E-state index contributed by atoms with van der Waals surface area (Å²) in [6.07, 6.45) is 2.70. The van der Waals surface area contributed by atoms with Crippen LogP contribution in [0.3, 0.4) is 0 Å². The van der Waals surface area contributed by atoms with E-state index in [0.717, 1.165) is 35.7 Å². The van der Waals surface area contributed by atoms with Gasteiger partial charge in [-0.25, -0.2) is 15.0 Å². The van der Waals surface area contributed by atoms with Crippen LogP contribution in [-0.4, -0.2) is 72.2 Å². The van der Waals surface area contributed by atoms with E-state index in [0.29, 0.717) is 5.56 Å². The highest BCUT2D eigenvalue weighted by Crippen LogP contribution is 2.42. The smallest absolute Gasteiger partial charge is 0.330 e. The first kappa shape index (κ1) is 29.1. The molecule has 4 atom stereocenters. The fourth-order valence-electron chi connectivity index (χ4n) is 3.81. The highest BCUT2D eigenvalue weighted by Gasteiger charge is 2.35. The number of aromatic nitrogens is 2. The van der Waals surface area contributed by atoms with Crippen molar-refractivity contribution in [2.45, 2.75) is 51.0 Å². The van der Waals surface area contributed by atoms with Crippen LogP contribution in [0.2, 0.25) is 0 Å². The van der Waals surface area contributed by atoms with Crippen LogP contribution in [0.15, 0.2) is 46.1 Å². The number of thiocarbonyl (C=S) groups is 1. The van der Waals surface area contributed by atoms with E-state index in [4.69, 9.17) is 22.1 Å². The fourth-order valence-corrected chi connectivity index (χ4v) is 6.46. The van der Waals surface area contributed by atoms with Gasteiger partial charge in [-0.1, -0.05) is 53.9 Å². The Kier molecular flexibility index (Phi) is 11.7. The number of aliphatic hydroxyl groups excluding tert-OH is 2. The van der Waals surface area contributed by atoms with Gasteiger partial charge in [0, 0.05) is 41.9 Å². The average Bonchev–Trinajstić information content (AvgIpc) is 3.51. The van der Waals surface area contributed by atoms with Crippen LogP contribution in [-0.2, 0) is 4.74 Å². The third-order valence-corrected chi connectivity index (χ3v) is 8.86. The van der Waals surface area contributed by atoms with Crippen LogP contribution < -0.4 is 16.4 Å². The van der Waals surface area contributed by atoms with Gasteiger partial charge in [0.05, 0.1) is 12.7 Å². The van der Waals surface area contributed by atoms with Gasteiger partial charge in [-0.05, 0) is 31.7 Å². The minimum atomic E-state index is -1.16. The van der Waals surface area contributed by atoms with Crippen molar-refractivity contribution in [1.82, 2.24) is 19.8 Å². The van der Waals surface area contributed by atoms with Gasteiger partial charge in [0.15, 0.2) is 7.50 Å². The zero-order valence-electron chi connectivity index (χ0n) is 20.1. The van der Waals surface area contributed by atoms with Gasteiger partial charge in [-0.2, -0.15) is 0 Å². The van der Waals surface area contributed by atoms with E-state index in [-0.39, 0.29) is 13.0 Å². The summed E-state index contributed by atoms with van der Waals surface area (Å²) in [7, 11) is -1.16. The maximum atomic E-state index is 11.6. The molecule has 0 amide bonds. The zero-order chi connectivity index (χ0) is 26.1. The van der Waals surface area contributed by atoms with Crippen LogP contribution in [0.4, 0.5) is 0 Å². The highest BCUT2D eigenvalue weighted by atomic mass is 32.7. The molecular weight excluding hydrogens is 523 g/mol. The third-order valence-electron chi connectivity index (χ3n) is 5.81. The first-order valence-electron chi connectivity index (χ1n) is 11.8. The van der Waals surface area contributed by atoms with Crippen molar-refractivity contribution in [3.8, 4) is 0 Å². The van der Waals surface area contributed by atoms with Crippen molar-refractivity contribution in [3.63, 3.8) is 0 Å². The molecule has 1 aromatic heterocycles. The lowest BCUT2D eigenvalue weighted by Crippen LogP contribution is -2.33. The Morgan fingerprint density at radius 1 is 1.28 bits per heavy atom. The van der Waals surface area contributed by atoms with E-state index < -0.39 is 37.2 Å². The first-order chi connectivity index (χ1) is 17.3. The van der Waals surface area contributed by atoms with E-state index in [2.05, 4.69) is 15.2 Å². The maximum Gasteiger partial charge on any atom is 0.330 e. The minimum Gasteiger partial charge on any atom is -0.394 e. The van der Waals surface area contributed by atoms with Crippen molar-refractivity contribution in [2.75, 3.05) is 25.4 Å². The van der Waals surface area contributed by atoms with Crippen molar-refractivity contribution in [1.29, 1.82) is 0 Å². The largest absolute Gasteiger partial charge is 0.394 e. The van der Waals surface area contributed by atoms with Gasteiger partial charge in [0.2, 0.25) is 0 Å². The second-order valence-corrected chi connectivity index (χ2v) is 12.3. The lowest BCUT2D eigenvalue weighted by molar-refractivity contribution is -0.0459. The lowest BCUT2D eigenvalue weighted by Gasteiger charge is -2.19. The number of hydrazine groups is 1. The Morgan fingerprint density at radius 3 is 2.61 bits per heavy atom. The summed E-state index contributed by atoms with van der Waals surface area (Å²) in [5.41, 5.74) is 0.475. The zero-order valence-corrected chi connectivity index (χ0v) is 22.6. The second-order valence-electron chi connectivity index (χ2n) is 8.53. The molecule has 3 heterocycles. The predicted octanol–water partition coefficient (Wildman–Crippen LogP) is 1.83. The van der Waals surface area contributed by atoms with Crippen LogP contribution in [0.1, 0.15) is 43.0 Å². The van der Waals surface area contributed by atoms with E-state index in [1.807, 2.05) is 30.3 Å². The van der Waals surface area contributed by atoms with Gasteiger partial charge in [0.1, 0.15) is 12.3 Å². The number of aromatic amines is 1. The minimum absolute atomic E-state index is 0.205. The van der Waals surface area contributed by atoms with Crippen molar-refractivity contribution in [3.05, 3.63) is 68.5 Å². The molecule has 0 bridgehead atoms. The van der Waals surface area contributed by atoms with Crippen LogP contribution in [0.25, 0.3) is 0 Å². The van der Waals surface area contributed by atoms with E-state index in [1.165, 1.54) is 23.6 Å². The fraction of sp³-hybridized carbons (Fsp3) is 0.522. The molecule has 2 aromatic rings. The molecule has 13 heteroatoms. The Bertz CT molecular complexity index is 1100. The summed E-state index contributed by atoms with van der Waals surface area (Å²) in [5.74, 6) is 0.858. The summed E-state index contributed by atoms with van der Waals surface area (Å²) in [6, 6.07) is 10.1. The molecule has 1 aromatic carbocycles. The molecule has 198 valence electrons. The molecule has 0 spiro atoms. The quantitative estimate of drug-likeness (QED) is 0.177. The second kappa shape index (κ2) is 14.5. The molecule has 0 saturated carbocycles. The average molecular weight is 557 g/mol. The van der Waals surface area contributed by atoms with Gasteiger partial charge in [-0.3, -0.25) is 14.3 Å². The lowest BCUT2D eigenvalue weighted by atomic mass is 10.1. The SMILES string of the molecule is Cc1cn([C@H]2C[C@H](O)[C@@H](CO)O2)c(=O)[nH]c1=O.OP(NN1CCCC1)SCCC(=S)c1ccccc1. The molecule has 5 N–H and O–H groups in total. The Hall–Kier alpha value is -1.47. The molecule has 36 heavy (non-hydrogen) atoms. The van der Waals surface area contributed by atoms with Gasteiger partial charge >= 0.3 is 5.69 Å². The normalized spacial score (nSPS) is 22.7. The third kappa shape index (κ3) is 8.54. The monoisotopic (exact) mass is 556 g/mol. The molecule has 2 aliphatic rings. The predicted molar refractivity (Wildman–Crippen MR) is 146 cm³/mol. The number of H-pyrrole nitrogens is 1. The summed E-state index contributed by atoms with van der Waals surface area (Å²) < 4.78 is 6.54. The Balaban J connectivity index is 0.000000202. The van der Waals surface area contributed by atoms with Crippen LogP contribution >= 0.6 is 31.1 Å². The van der Waals surface area contributed by atoms with Gasteiger partial charge in [-0.15, -0.1) is 0 Å². The van der Waals surface area contributed by atoms with E-state index in [9.17, 15) is 19.6 Å². The highest BCUT2D eigenvalue weighted by molar-refractivity contribution is 8.53. The van der Waals surface area contributed by atoms with Gasteiger partial charge < -0.3 is 19.8 Å². The molecule has 2 saturated heterocycles. The number of rotatable bonds is 9. The summed E-state index contributed by atoms with van der Waals surface area (Å²) in [4.78, 5) is 35.8. The molecule has 1 unspecified atom stereocenters. The number of hydrogen-bond acceptors (Lipinski definition) is 10. The number of aliphatic hydroxyl groups is 2. The number of aryl methyl sites for hydroxylation is 1. The Labute approximate surface area is 220 Å². The van der Waals surface area contributed by atoms with Crippen molar-refractivity contribution in [2.24, 2.45) is 0 Å². The van der Waals surface area contributed by atoms with Crippen LogP contribution in [0, 0.1) is 6.92 Å². The molecule has 0 radical (unpaired) electrons. The number of nitrogens with one attached hydrogen (secondary N) is 2. The first-order valence-corrected chi connectivity index (χ1v) is 15.1. The van der Waals surface area contributed by atoms with Crippen molar-refractivity contribution >= 4 is 36.0 Å². The summed E-state index contributed by atoms with van der Waals surface area (Å²) in [5, 5.41) is 23.8. The molecular formula is C23H33N4O6PS2. The standard InChI is InChI=1S/C13H19N2OPS2.C10H14N2O5/c16-17(14-15-9-4-5-10-15)19-11-8-13(18)12-6-2-1-3-7-12;1-5-3-12(10(16)11-9(5)15)8-2-6(14)7(4-13)17-8/h1-3,6-7,14,16H,4-5,8-11H2;3,6-8,13-14H,2,4H2,1H3,(H,11,15,16)/t;6-,7+,8+/m.0/s1. The number of benzene rings is 1. The van der Waals surface area contributed by atoms with E-state index in [1.54, 1.807) is 18.3 Å². The molecule has 2 aliphatic heterocycles. The summed E-state index contributed by atoms with van der Waals surface area (Å²) in [6.45, 7) is 3.35. The topological polar surface area (TPSA) is 140 Å². The molecule has 10 nitrogen and oxygen atoms in total. The molecule has 0 aliphatic carbocycles. The maximum absolute atomic E-state index is 11.6.